The largest absolute Gasteiger partial charge is 0.386 e. The molecule has 1 heterocycles. The van der Waals surface area contributed by atoms with Gasteiger partial charge in [0.1, 0.15) is 0 Å². The van der Waals surface area contributed by atoms with Gasteiger partial charge in [-0.2, -0.15) is 4.98 Å². The summed E-state index contributed by atoms with van der Waals surface area (Å²) in [7, 11) is 0. The van der Waals surface area contributed by atoms with Crippen molar-refractivity contribution in [2.45, 2.75) is 13.5 Å². The number of benzene rings is 2. The van der Waals surface area contributed by atoms with Gasteiger partial charge in [0.05, 0.1) is 6.21 Å². The second kappa shape index (κ2) is 7.07. The van der Waals surface area contributed by atoms with E-state index >= 15 is 0 Å². The second-order valence-corrected chi connectivity index (χ2v) is 5.32. The number of hydrogen-bond donors (Lipinski definition) is 0. The summed E-state index contributed by atoms with van der Waals surface area (Å²) in [5, 5.41) is 8.49. The van der Waals surface area contributed by atoms with E-state index in [9.17, 15) is 0 Å². The Morgan fingerprint density at radius 3 is 2.74 bits per heavy atom. The van der Waals surface area contributed by atoms with Gasteiger partial charge in [0.25, 0.3) is 5.89 Å². The maximum atomic E-state index is 5.85. The monoisotopic (exact) mass is 327 g/mol. The Kier molecular flexibility index (Phi) is 4.68. The van der Waals surface area contributed by atoms with Crippen LogP contribution in [0.15, 0.2) is 58.2 Å². The van der Waals surface area contributed by atoms with Gasteiger partial charge in [-0.1, -0.05) is 46.2 Å². The fraction of sp³-hybridized carbons (Fsp3) is 0.118. The van der Waals surface area contributed by atoms with Crippen LogP contribution in [-0.4, -0.2) is 16.4 Å². The van der Waals surface area contributed by atoms with Crippen molar-refractivity contribution in [3.05, 3.63) is 70.6 Å². The third-order valence-corrected chi connectivity index (χ3v) is 3.47. The number of nitrogens with zero attached hydrogens (tertiary/aromatic N) is 3. The maximum Gasteiger partial charge on any atom is 0.267 e. The Balaban J connectivity index is 1.59. The highest BCUT2D eigenvalue weighted by Gasteiger charge is 2.08. The fourth-order valence-corrected chi connectivity index (χ4v) is 2.07. The molecule has 3 rings (SSSR count). The molecule has 1 aromatic heterocycles. The van der Waals surface area contributed by atoms with Crippen LogP contribution in [-0.2, 0) is 11.4 Å². The highest BCUT2D eigenvalue weighted by Crippen LogP contribution is 2.18. The van der Waals surface area contributed by atoms with Crippen molar-refractivity contribution < 1.29 is 9.36 Å². The number of hydrogen-bond acceptors (Lipinski definition) is 5. The molecule has 23 heavy (non-hydrogen) atoms. The van der Waals surface area contributed by atoms with Crippen LogP contribution in [0.2, 0.25) is 5.02 Å². The third-order valence-electron chi connectivity index (χ3n) is 3.21. The lowest BCUT2D eigenvalue weighted by molar-refractivity contribution is 0.107. The summed E-state index contributed by atoms with van der Waals surface area (Å²) < 4.78 is 5.13. The van der Waals surface area contributed by atoms with Crippen LogP contribution in [0.3, 0.4) is 0 Å². The predicted octanol–water partition coefficient (Wildman–Crippen LogP) is 4.25. The molecule has 0 aliphatic rings. The van der Waals surface area contributed by atoms with E-state index in [1.807, 2.05) is 43.3 Å². The van der Waals surface area contributed by atoms with Crippen LogP contribution in [0, 0.1) is 6.92 Å². The Morgan fingerprint density at radius 1 is 1.17 bits per heavy atom. The van der Waals surface area contributed by atoms with Gasteiger partial charge in [-0.25, -0.2) is 0 Å². The predicted molar refractivity (Wildman–Crippen MR) is 88.3 cm³/mol. The van der Waals surface area contributed by atoms with Crippen LogP contribution in [0.4, 0.5) is 0 Å². The summed E-state index contributed by atoms with van der Waals surface area (Å²) >= 11 is 5.85. The Morgan fingerprint density at radius 2 is 1.96 bits per heavy atom. The van der Waals surface area contributed by atoms with Gasteiger partial charge in [-0.05, 0) is 42.3 Å². The smallest absolute Gasteiger partial charge is 0.267 e. The summed E-state index contributed by atoms with van der Waals surface area (Å²) in [6.07, 6.45) is 1.66. The van der Waals surface area contributed by atoms with Gasteiger partial charge >= 0.3 is 0 Å². The van der Waals surface area contributed by atoms with E-state index in [0.29, 0.717) is 16.7 Å². The molecule has 0 saturated heterocycles. The molecule has 116 valence electrons. The van der Waals surface area contributed by atoms with Gasteiger partial charge in [-0.15, -0.1) is 0 Å². The minimum absolute atomic E-state index is 0.114. The highest BCUT2D eigenvalue weighted by atomic mass is 35.5. The Labute approximate surface area is 138 Å². The molecule has 0 bridgehead atoms. The average molecular weight is 328 g/mol. The molecule has 0 spiro atoms. The van der Waals surface area contributed by atoms with Crippen LogP contribution < -0.4 is 0 Å². The summed E-state index contributed by atoms with van der Waals surface area (Å²) in [5.74, 6) is 0.847. The van der Waals surface area contributed by atoms with Crippen LogP contribution in [0.25, 0.3) is 11.4 Å². The van der Waals surface area contributed by atoms with E-state index in [4.69, 9.17) is 21.0 Å². The first kappa shape index (κ1) is 15.2. The lowest BCUT2D eigenvalue weighted by atomic mass is 10.1. The van der Waals surface area contributed by atoms with Crippen molar-refractivity contribution in [1.82, 2.24) is 10.1 Å². The van der Waals surface area contributed by atoms with Crippen molar-refractivity contribution in [2.75, 3.05) is 0 Å². The summed E-state index contributed by atoms with van der Waals surface area (Å²) in [5.41, 5.74) is 2.95. The molecule has 0 unspecified atom stereocenters. The number of rotatable bonds is 5. The van der Waals surface area contributed by atoms with Crippen LogP contribution >= 0.6 is 11.6 Å². The second-order valence-electron chi connectivity index (χ2n) is 4.88. The van der Waals surface area contributed by atoms with Gasteiger partial charge in [0, 0.05) is 10.6 Å². The van der Waals surface area contributed by atoms with Crippen molar-refractivity contribution in [3.63, 3.8) is 0 Å². The van der Waals surface area contributed by atoms with Crippen molar-refractivity contribution >= 4 is 17.8 Å². The van der Waals surface area contributed by atoms with E-state index in [0.717, 1.165) is 16.7 Å². The molecular weight excluding hydrogens is 314 g/mol. The molecule has 6 heteroatoms. The van der Waals surface area contributed by atoms with E-state index in [2.05, 4.69) is 15.3 Å². The molecule has 0 N–H and O–H groups in total. The summed E-state index contributed by atoms with van der Waals surface area (Å²) in [6, 6.07) is 15.1. The first-order chi connectivity index (χ1) is 11.2. The molecule has 0 saturated carbocycles. The zero-order chi connectivity index (χ0) is 16.1. The van der Waals surface area contributed by atoms with Crippen molar-refractivity contribution in [3.8, 4) is 11.4 Å². The highest BCUT2D eigenvalue weighted by molar-refractivity contribution is 6.30. The van der Waals surface area contributed by atoms with Crippen LogP contribution in [0.5, 0.6) is 0 Å². The molecule has 0 atom stereocenters. The van der Waals surface area contributed by atoms with Gasteiger partial charge in [-0.3, -0.25) is 0 Å². The van der Waals surface area contributed by atoms with Crippen molar-refractivity contribution in [2.24, 2.45) is 5.16 Å². The van der Waals surface area contributed by atoms with E-state index in [1.54, 1.807) is 18.3 Å². The van der Waals surface area contributed by atoms with Crippen LogP contribution in [0.1, 0.15) is 17.0 Å². The minimum atomic E-state index is 0.114. The van der Waals surface area contributed by atoms with Gasteiger partial charge < -0.3 is 9.36 Å². The maximum absolute atomic E-state index is 5.85. The number of aryl methyl sites for hydroxylation is 1. The molecule has 0 radical (unpaired) electrons. The van der Waals surface area contributed by atoms with Crippen molar-refractivity contribution in [1.29, 1.82) is 0 Å². The molecule has 0 amide bonds. The first-order valence-corrected chi connectivity index (χ1v) is 7.39. The van der Waals surface area contributed by atoms with Gasteiger partial charge in [0.15, 0.2) is 6.61 Å². The first-order valence-electron chi connectivity index (χ1n) is 7.02. The molecule has 0 aliphatic heterocycles. The zero-order valence-corrected chi connectivity index (χ0v) is 13.2. The quantitative estimate of drug-likeness (QED) is 0.519. The summed E-state index contributed by atoms with van der Waals surface area (Å²) in [6.45, 7) is 2.13. The minimum Gasteiger partial charge on any atom is -0.386 e. The number of aromatic nitrogens is 2. The molecule has 0 fully saturated rings. The van der Waals surface area contributed by atoms with Gasteiger partial charge in [0.2, 0.25) is 5.82 Å². The zero-order valence-electron chi connectivity index (χ0n) is 12.4. The topological polar surface area (TPSA) is 60.5 Å². The standard InChI is InChI=1S/C17H14ClN3O2/c1-12-4-2-3-5-14(12)10-19-22-11-16-20-17(21-23-16)13-6-8-15(18)9-7-13/h2-10H,11H2,1H3/b19-10-. The average Bonchev–Trinajstić information content (AvgIpc) is 3.03. The molecule has 5 nitrogen and oxygen atoms in total. The third kappa shape index (κ3) is 3.96. The summed E-state index contributed by atoms with van der Waals surface area (Å²) in [4.78, 5) is 9.45. The lowest BCUT2D eigenvalue weighted by Crippen LogP contribution is -1.90. The number of halogens is 1. The van der Waals surface area contributed by atoms with E-state index in [-0.39, 0.29) is 6.61 Å². The Bertz CT molecular complexity index is 813. The lowest BCUT2D eigenvalue weighted by Gasteiger charge is -1.97. The van der Waals surface area contributed by atoms with E-state index in [1.165, 1.54) is 0 Å². The molecule has 3 aromatic rings. The molecular formula is C17H14ClN3O2. The fourth-order valence-electron chi connectivity index (χ4n) is 1.95. The Hall–Kier alpha value is -2.66. The molecule has 2 aromatic carbocycles. The SMILES string of the molecule is Cc1ccccc1/C=N\OCc1nc(-c2ccc(Cl)cc2)no1. The number of oxime groups is 1. The molecule has 0 aliphatic carbocycles. The normalized spacial score (nSPS) is 11.0. The van der Waals surface area contributed by atoms with E-state index < -0.39 is 0 Å².